The maximum Gasteiger partial charge on any atom is 0.336 e. The Kier molecular flexibility index (Phi) is 8.09. The third-order valence-corrected chi connectivity index (χ3v) is 6.64. The number of halogens is 1. The van der Waals surface area contributed by atoms with Crippen LogP contribution in [0.3, 0.4) is 0 Å². The molecule has 1 heterocycles. The van der Waals surface area contributed by atoms with Crippen molar-refractivity contribution in [1.29, 1.82) is 0 Å². The molecular weight excluding hydrogens is 488 g/mol. The van der Waals surface area contributed by atoms with Crippen LogP contribution in [-0.2, 0) is 20.9 Å². The van der Waals surface area contributed by atoms with E-state index in [1.165, 1.54) is 0 Å². The van der Waals surface area contributed by atoms with Gasteiger partial charge in [-0.05, 0) is 68.3 Å². The van der Waals surface area contributed by atoms with Crippen molar-refractivity contribution < 1.29 is 19.1 Å². The maximum atomic E-state index is 13.3. The molecular formula is C30H29ClN2O4. The molecule has 3 aromatic rings. The summed E-state index contributed by atoms with van der Waals surface area (Å²) in [5, 5.41) is 3.43. The highest BCUT2D eigenvalue weighted by atomic mass is 35.5. The van der Waals surface area contributed by atoms with Gasteiger partial charge in [0.05, 0.1) is 18.7 Å². The number of nitrogens with one attached hydrogen (secondary N) is 1. The van der Waals surface area contributed by atoms with Gasteiger partial charge in [-0.25, -0.2) is 4.79 Å². The summed E-state index contributed by atoms with van der Waals surface area (Å²) in [6.07, 6.45) is 0.111. The second-order valence-corrected chi connectivity index (χ2v) is 9.47. The van der Waals surface area contributed by atoms with Gasteiger partial charge in [-0.3, -0.25) is 9.59 Å². The number of carbonyl (C=O) groups is 3. The van der Waals surface area contributed by atoms with Crippen molar-refractivity contribution in [3.63, 3.8) is 0 Å². The molecule has 0 fully saturated rings. The Hall–Kier alpha value is -3.90. The molecule has 0 aliphatic carbocycles. The van der Waals surface area contributed by atoms with E-state index in [0.717, 1.165) is 16.7 Å². The number of esters is 1. The number of nitrogens with zero attached hydrogens (tertiary/aromatic N) is 1. The molecule has 7 heteroatoms. The molecule has 6 nitrogen and oxygen atoms in total. The highest BCUT2D eigenvalue weighted by Crippen LogP contribution is 2.38. The number of hydrogen-bond donors (Lipinski definition) is 1. The smallest absolute Gasteiger partial charge is 0.336 e. The van der Waals surface area contributed by atoms with Crippen LogP contribution in [0.25, 0.3) is 0 Å². The Labute approximate surface area is 221 Å². The van der Waals surface area contributed by atoms with E-state index in [-0.39, 0.29) is 31.4 Å². The molecule has 3 aromatic carbocycles. The average Bonchev–Trinajstić information content (AvgIpc) is 2.88. The van der Waals surface area contributed by atoms with Crippen molar-refractivity contribution in [2.24, 2.45) is 0 Å². The molecule has 0 spiro atoms. The molecule has 1 atom stereocenters. The quantitative estimate of drug-likeness (QED) is 0.376. The van der Waals surface area contributed by atoms with E-state index >= 15 is 0 Å². The Morgan fingerprint density at radius 3 is 2.46 bits per heavy atom. The van der Waals surface area contributed by atoms with Crippen LogP contribution < -0.4 is 5.32 Å². The van der Waals surface area contributed by atoms with Crippen molar-refractivity contribution in [1.82, 2.24) is 4.90 Å². The van der Waals surface area contributed by atoms with Gasteiger partial charge in [0, 0.05) is 34.3 Å². The van der Waals surface area contributed by atoms with Crippen molar-refractivity contribution in [2.75, 3.05) is 11.9 Å². The lowest BCUT2D eigenvalue weighted by molar-refractivity contribution is -0.140. The zero-order valence-electron chi connectivity index (χ0n) is 21.1. The fraction of sp³-hybridized carbons (Fsp3) is 0.233. The van der Waals surface area contributed by atoms with Gasteiger partial charge in [0.2, 0.25) is 5.91 Å². The summed E-state index contributed by atoms with van der Waals surface area (Å²) in [5.41, 5.74) is 4.83. The van der Waals surface area contributed by atoms with Gasteiger partial charge in [-0.1, -0.05) is 53.6 Å². The van der Waals surface area contributed by atoms with Crippen LogP contribution in [0.5, 0.6) is 0 Å². The van der Waals surface area contributed by atoms with Crippen LogP contribution >= 0.6 is 11.6 Å². The van der Waals surface area contributed by atoms with Gasteiger partial charge in [0.25, 0.3) is 5.91 Å². The third kappa shape index (κ3) is 6.09. The minimum atomic E-state index is -0.451. The summed E-state index contributed by atoms with van der Waals surface area (Å²) in [7, 11) is 0. The summed E-state index contributed by atoms with van der Waals surface area (Å²) >= 11 is 6.20. The predicted octanol–water partition coefficient (Wildman–Crippen LogP) is 6.25. The molecule has 2 amide bonds. The fourth-order valence-corrected chi connectivity index (χ4v) is 4.72. The van der Waals surface area contributed by atoms with Crippen molar-refractivity contribution in [3.8, 4) is 0 Å². The van der Waals surface area contributed by atoms with Crippen molar-refractivity contribution in [2.45, 2.75) is 39.7 Å². The monoisotopic (exact) mass is 516 g/mol. The van der Waals surface area contributed by atoms with Crippen LogP contribution in [0.15, 0.2) is 84.1 Å². The molecule has 1 N–H and O–H groups in total. The van der Waals surface area contributed by atoms with Crippen LogP contribution in [0.4, 0.5) is 5.69 Å². The highest BCUT2D eigenvalue weighted by molar-refractivity contribution is 6.30. The lowest BCUT2D eigenvalue weighted by Crippen LogP contribution is -2.38. The molecule has 4 rings (SSSR count). The Morgan fingerprint density at radius 2 is 1.76 bits per heavy atom. The summed E-state index contributed by atoms with van der Waals surface area (Å²) < 4.78 is 5.36. The first-order valence-electron chi connectivity index (χ1n) is 12.2. The Morgan fingerprint density at radius 1 is 1.03 bits per heavy atom. The molecule has 37 heavy (non-hydrogen) atoms. The first-order chi connectivity index (χ1) is 17.8. The normalized spacial score (nSPS) is 15.5. The second kappa shape index (κ2) is 11.4. The first kappa shape index (κ1) is 26.2. The molecule has 0 saturated heterocycles. The SMILES string of the molecule is CCOC(=O)C1=C(C)N(Cc2cccc(C(=O)Nc3ccc(C)cc3)c2)C(=O)CC1c1cccc(Cl)c1. The number of benzene rings is 3. The lowest BCUT2D eigenvalue weighted by Gasteiger charge is -2.34. The van der Waals surface area contributed by atoms with E-state index in [1.807, 2.05) is 43.3 Å². The van der Waals surface area contributed by atoms with E-state index in [9.17, 15) is 14.4 Å². The molecule has 0 aromatic heterocycles. The third-order valence-electron chi connectivity index (χ3n) is 6.41. The fourth-order valence-electron chi connectivity index (χ4n) is 4.52. The molecule has 0 bridgehead atoms. The van der Waals surface area contributed by atoms with Crippen molar-refractivity contribution >= 4 is 35.1 Å². The predicted molar refractivity (Wildman–Crippen MR) is 144 cm³/mol. The number of aryl methyl sites for hydroxylation is 1. The van der Waals surface area contributed by atoms with Gasteiger partial charge in [0.15, 0.2) is 0 Å². The second-order valence-electron chi connectivity index (χ2n) is 9.03. The molecule has 1 aliphatic heterocycles. The van der Waals surface area contributed by atoms with Crippen molar-refractivity contribution in [3.05, 3.63) is 111 Å². The van der Waals surface area contributed by atoms with Gasteiger partial charge in [-0.2, -0.15) is 0 Å². The Balaban J connectivity index is 1.61. The number of ether oxygens (including phenoxy) is 1. The number of rotatable bonds is 7. The van der Waals surface area contributed by atoms with Gasteiger partial charge in [-0.15, -0.1) is 0 Å². The average molecular weight is 517 g/mol. The number of anilines is 1. The number of allylic oxidation sites excluding steroid dienone is 1. The molecule has 0 saturated carbocycles. The largest absolute Gasteiger partial charge is 0.463 e. The van der Waals surface area contributed by atoms with E-state index in [4.69, 9.17) is 16.3 Å². The van der Waals surface area contributed by atoms with Gasteiger partial charge >= 0.3 is 5.97 Å². The highest BCUT2D eigenvalue weighted by Gasteiger charge is 2.37. The minimum Gasteiger partial charge on any atom is -0.463 e. The van der Waals surface area contributed by atoms with E-state index in [0.29, 0.717) is 27.5 Å². The Bertz CT molecular complexity index is 1360. The maximum absolute atomic E-state index is 13.3. The molecule has 1 aliphatic rings. The van der Waals surface area contributed by atoms with E-state index in [2.05, 4.69) is 5.32 Å². The van der Waals surface area contributed by atoms with Crippen LogP contribution in [0, 0.1) is 6.92 Å². The topological polar surface area (TPSA) is 75.7 Å². The van der Waals surface area contributed by atoms with Crippen LogP contribution in [-0.4, -0.2) is 29.3 Å². The first-order valence-corrected chi connectivity index (χ1v) is 12.5. The standard InChI is InChI=1S/C30H29ClN2O4/c1-4-37-30(36)28-20(3)33(27(34)17-26(28)22-8-6-10-24(31)16-22)18-21-7-5-9-23(15-21)29(35)32-25-13-11-19(2)12-14-25/h5-16,26H,4,17-18H2,1-3H3,(H,32,35). The van der Waals surface area contributed by atoms with Crippen LogP contribution in [0.2, 0.25) is 5.02 Å². The van der Waals surface area contributed by atoms with E-state index < -0.39 is 11.9 Å². The van der Waals surface area contributed by atoms with Gasteiger partial charge in [0.1, 0.15) is 0 Å². The lowest BCUT2D eigenvalue weighted by atomic mass is 9.83. The number of carbonyl (C=O) groups excluding carboxylic acids is 3. The summed E-state index contributed by atoms with van der Waals surface area (Å²) in [6, 6.07) is 21.9. The summed E-state index contributed by atoms with van der Waals surface area (Å²) in [4.78, 5) is 40.8. The number of amides is 2. The number of hydrogen-bond acceptors (Lipinski definition) is 4. The van der Waals surface area contributed by atoms with E-state index in [1.54, 1.807) is 55.1 Å². The van der Waals surface area contributed by atoms with Gasteiger partial charge < -0.3 is 15.0 Å². The minimum absolute atomic E-state index is 0.111. The zero-order chi connectivity index (χ0) is 26.5. The summed E-state index contributed by atoms with van der Waals surface area (Å²) in [5.74, 6) is -1.26. The van der Waals surface area contributed by atoms with Crippen LogP contribution in [0.1, 0.15) is 53.2 Å². The molecule has 190 valence electrons. The molecule has 0 radical (unpaired) electrons. The summed E-state index contributed by atoms with van der Waals surface area (Å²) in [6.45, 7) is 5.94. The molecule has 1 unspecified atom stereocenters. The zero-order valence-corrected chi connectivity index (χ0v) is 21.8.